The van der Waals surface area contributed by atoms with Crippen LogP contribution in [0.5, 0.6) is 5.75 Å². The van der Waals surface area contributed by atoms with Gasteiger partial charge in [0.2, 0.25) is 0 Å². The van der Waals surface area contributed by atoms with E-state index in [1.807, 2.05) is 24.3 Å². The number of aromatic nitrogens is 2. The van der Waals surface area contributed by atoms with Gasteiger partial charge in [-0.05, 0) is 12.1 Å². The number of alkyl halides is 1. The Morgan fingerprint density at radius 2 is 2.20 bits per heavy atom. The van der Waals surface area contributed by atoms with Crippen molar-refractivity contribution in [1.82, 2.24) is 10.2 Å². The van der Waals surface area contributed by atoms with Crippen LogP contribution in [-0.2, 0) is 0 Å². The minimum atomic E-state index is 0.649. The second kappa shape index (κ2) is 5.23. The van der Waals surface area contributed by atoms with Crippen LogP contribution in [-0.4, -0.2) is 22.1 Å². The summed E-state index contributed by atoms with van der Waals surface area (Å²) in [6, 6.07) is 7.86. The van der Waals surface area contributed by atoms with Crippen molar-refractivity contribution >= 4 is 27.3 Å². The van der Waals surface area contributed by atoms with Gasteiger partial charge in [-0.2, -0.15) is 0 Å². The van der Waals surface area contributed by atoms with Crippen LogP contribution in [0.4, 0.5) is 0 Å². The molecule has 1 aromatic carbocycles. The molecule has 0 N–H and O–H groups in total. The third-order valence-corrected chi connectivity index (χ3v) is 2.86. The fraction of sp³-hybridized carbons (Fsp3) is 0.200. The van der Waals surface area contributed by atoms with Crippen molar-refractivity contribution < 1.29 is 4.74 Å². The van der Waals surface area contributed by atoms with Gasteiger partial charge in [-0.15, -0.1) is 10.2 Å². The molecule has 0 aliphatic rings. The number of hydrogen-bond donors (Lipinski definition) is 0. The molecule has 0 spiro atoms. The van der Waals surface area contributed by atoms with E-state index >= 15 is 0 Å². The number of nitrogens with zero attached hydrogens (tertiary/aromatic N) is 2. The zero-order chi connectivity index (χ0) is 10.5. The third kappa shape index (κ3) is 2.54. The molecule has 78 valence electrons. The molecule has 0 saturated carbocycles. The Bertz CT molecular complexity index is 419. The first-order valence-corrected chi connectivity index (χ1v) is 6.46. The molecule has 0 radical (unpaired) electrons. The van der Waals surface area contributed by atoms with Gasteiger partial charge in [0.05, 0.1) is 12.2 Å². The van der Waals surface area contributed by atoms with Gasteiger partial charge >= 0.3 is 0 Å². The second-order valence-electron chi connectivity index (χ2n) is 2.78. The molecule has 15 heavy (non-hydrogen) atoms. The first kappa shape index (κ1) is 10.6. The highest BCUT2D eigenvalue weighted by Gasteiger charge is 2.07. The lowest BCUT2D eigenvalue weighted by molar-refractivity contribution is 0.346. The lowest BCUT2D eigenvalue weighted by Gasteiger charge is -2.07. The molecule has 5 heteroatoms. The van der Waals surface area contributed by atoms with E-state index in [1.54, 1.807) is 5.51 Å². The van der Waals surface area contributed by atoms with Crippen molar-refractivity contribution in [2.45, 2.75) is 0 Å². The summed E-state index contributed by atoms with van der Waals surface area (Å²) in [6.07, 6.45) is 0. The van der Waals surface area contributed by atoms with Gasteiger partial charge in [0.25, 0.3) is 0 Å². The largest absolute Gasteiger partial charge is 0.492 e. The molecule has 0 amide bonds. The molecule has 3 nitrogen and oxygen atoms in total. The van der Waals surface area contributed by atoms with E-state index in [1.165, 1.54) is 11.3 Å². The number of para-hydroxylation sites is 1. The number of benzene rings is 1. The smallest absolute Gasteiger partial charge is 0.151 e. The van der Waals surface area contributed by atoms with Gasteiger partial charge in [-0.3, -0.25) is 0 Å². The standard InChI is InChI=1S/C10H9BrN2OS/c11-5-6-14-9-4-2-1-3-8(9)10-13-12-7-15-10/h1-4,7H,5-6H2. The van der Waals surface area contributed by atoms with Crippen LogP contribution in [0.2, 0.25) is 0 Å². The van der Waals surface area contributed by atoms with Crippen molar-refractivity contribution in [1.29, 1.82) is 0 Å². The molecule has 0 aliphatic carbocycles. The maximum atomic E-state index is 5.60. The first-order valence-electron chi connectivity index (χ1n) is 4.46. The molecule has 0 saturated heterocycles. The fourth-order valence-electron chi connectivity index (χ4n) is 1.21. The Kier molecular flexibility index (Phi) is 3.69. The Morgan fingerprint density at radius 3 is 2.93 bits per heavy atom. The summed E-state index contributed by atoms with van der Waals surface area (Å²) in [5.74, 6) is 0.855. The molecule has 0 bridgehead atoms. The number of halogens is 1. The van der Waals surface area contributed by atoms with E-state index in [-0.39, 0.29) is 0 Å². The van der Waals surface area contributed by atoms with Crippen molar-refractivity contribution in [3.8, 4) is 16.3 Å². The Hall–Kier alpha value is -0.940. The first-order chi connectivity index (χ1) is 7.42. The monoisotopic (exact) mass is 284 g/mol. The summed E-state index contributed by atoms with van der Waals surface area (Å²) in [6.45, 7) is 0.649. The summed E-state index contributed by atoms with van der Waals surface area (Å²) in [4.78, 5) is 0. The van der Waals surface area contributed by atoms with Gasteiger partial charge in [-0.1, -0.05) is 39.4 Å². The van der Waals surface area contributed by atoms with Crippen LogP contribution < -0.4 is 4.74 Å². The highest BCUT2D eigenvalue weighted by atomic mass is 79.9. The van der Waals surface area contributed by atoms with Crippen molar-refractivity contribution in [2.75, 3.05) is 11.9 Å². The zero-order valence-corrected chi connectivity index (χ0v) is 10.3. The minimum absolute atomic E-state index is 0.649. The van der Waals surface area contributed by atoms with E-state index in [0.717, 1.165) is 21.7 Å². The topological polar surface area (TPSA) is 35.0 Å². The minimum Gasteiger partial charge on any atom is -0.492 e. The van der Waals surface area contributed by atoms with Crippen LogP contribution in [0.1, 0.15) is 0 Å². The highest BCUT2D eigenvalue weighted by Crippen LogP contribution is 2.30. The Morgan fingerprint density at radius 1 is 1.33 bits per heavy atom. The van der Waals surface area contributed by atoms with Crippen LogP contribution in [0.3, 0.4) is 0 Å². The van der Waals surface area contributed by atoms with Crippen molar-refractivity contribution in [3.63, 3.8) is 0 Å². The van der Waals surface area contributed by atoms with Gasteiger partial charge in [-0.25, -0.2) is 0 Å². The molecular weight excluding hydrogens is 276 g/mol. The van der Waals surface area contributed by atoms with Gasteiger partial charge < -0.3 is 4.74 Å². The molecule has 2 rings (SSSR count). The van der Waals surface area contributed by atoms with E-state index < -0.39 is 0 Å². The predicted molar refractivity (Wildman–Crippen MR) is 64.6 cm³/mol. The summed E-state index contributed by atoms with van der Waals surface area (Å²) in [5.41, 5.74) is 2.72. The second-order valence-corrected chi connectivity index (χ2v) is 4.40. The lowest BCUT2D eigenvalue weighted by Crippen LogP contribution is -1.98. The molecule has 0 aliphatic heterocycles. The summed E-state index contributed by atoms with van der Waals surface area (Å²) in [5, 5.41) is 9.56. The molecule has 0 fully saturated rings. The molecular formula is C10H9BrN2OS. The van der Waals surface area contributed by atoms with E-state index in [4.69, 9.17) is 4.74 Å². The van der Waals surface area contributed by atoms with E-state index in [0.29, 0.717) is 6.61 Å². The zero-order valence-electron chi connectivity index (χ0n) is 7.89. The van der Waals surface area contributed by atoms with Crippen molar-refractivity contribution in [3.05, 3.63) is 29.8 Å². The van der Waals surface area contributed by atoms with Gasteiger partial charge in [0, 0.05) is 5.33 Å². The predicted octanol–water partition coefficient (Wildman–Crippen LogP) is 2.98. The fourth-order valence-corrected chi connectivity index (χ4v) is 1.95. The van der Waals surface area contributed by atoms with Crippen LogP contribution in [0, 0.1) is 0 Å². The van der Waals surface area contributed by atoms with Crippen LogP contribution in [0.15, 0.2) is 29.8 Å². The van der Waals surface area contributed by atoms with Crippen molar-refractivity contribution in [2.24, 2.45) is 0 Å². The third-order valence-electron chi connectivity index (χ3n) is 1.81. The SMILES string of the molecule is BrCCOc1ccccc1-c1nncs1. The van der Waals surface area contributed by atoms with E-state index in [9.17, 15) is 0 Å². The average molecular weight is 285 g/mol. The molecule has 1 heterocycles. The summed E-state index contributed by atoms with van der Waals surface area (Å²) < 4.78 is 5.60. The van der Waals surface area contributed by atoms with E-state index in [2.05, 4.69) is 26.1 Å². The highest BCUT2D eigenvalue weighted by molar-refractivity contribution is 9.09. The normalized spacial score (nSPS) is 10.2. The number of hydrogen-bond acceptors (Lipinski definition) is 4. The maximum absolute atomic E-state index is 5.60. The quantitative estimate of drug-likeness (QED) is 0.810. The van der Waals surface area contributed by atoms with Gasteiger partial charge in [0.15, 0.2) is 5.01 Å². The van der Waals surface area contributed by atoms with Crippen LogP contribution in [0.25, 0.3) is 10.6 Å². The number of rotatable bonds is 4. The molecule has 0 unspecified atom stereocenters. The lowest BCUT2D eigenvalue weighted by atomic mass is 10.2. The summed E-state index contributed by atoms with van der Waals surface area (Å²) in [7, 11) is 0. The molecule has 0 atom stereocenters. The molecule has 1 aromatic heterocycles. The average Bonchev–Trinajstić information content (AvgIpc) is 2.80. The van der Waals surface area contributed by atoms with Gasteiger partial charge in [0.1, 0.15) is 11.3 Å². The Labute approximate surface area is 100 Å². The Balaban J connectivity index is 2.30. The van der Waals surface area contributed by atoms with Crippen LogP contribution >= 0.6 is 27.3 Å². The summed E-state index contributed by atoms with van der Waals surface area (Å²) >= 11 is 4.84. The maximum Gasteiger partial charge on any atom is 0.151 e. The number of ether oxygens (including phenoxy) is 1. The molecule has 2 aromatic rings.